The highest BCUT2D eigenvalue weighted by atomic mass is 32.2. The van der Waals surface area contributed by atoms with Crippen molar-refractivity contribution in [2.24, 2.45) is 0 Å². The van der Waals surface area contributed by atoms with Gasteiger partial charge in [0.1, 0.15) is 11.6 Å². The maximum atomic E-state index is 15.0. The number of rotatable bonds is 7. The van der Waals surface area contributed by atoms with Crippen LogP contribution in [0.5, 0.6) is 5.75 Å². The quantitative estimate of drug-likeness (QED) is 0.507. The van der Waals surface area contributed by atoms with Crippen LogP contribution in [0.4, 0.5) is 10.1 Å². The molecule has 0 aliphatic carbocycles. The Bertz CT molecular complexity index is 1400. The van der Waals surface area contributed by atoms with E-state index in [0.717, 1.165) is 11.9 Å². The number of piperazine rings is 1. The van der Waals surface area contributed by atoms with Crippen LogP contribution in [0.1, 0.15) is 27.6 Å². The number of hydrogen-bond acceptors (Lipinski definition) is 6. The van der Waals surface area contributed by atoms with Gasteiger partial charge in [-0.2, -0.15) is 0 Å². The van der Waals surface area contributed by atoms with E-state index in [1.165, 1.54) is 6.07 Å². The predicted octanol–water partition coefficient (Wildman–Crippen LogP) is 3.54. The molecule has 37 heavy (non-hydrogen) atoms. The van der Waals surface area contributed by atoms with Gasteiger partial charge in [0.05, 0.1) is 12.9 Å². The fraction of sp³-hybridized carbons (Fsp3) is 0.259. The minimum Gasteiger partial charge on any atom is -0.494 e. The lowest BCUT2D eigenvalue weighted by Crippen LogP contribution is -2.48. The first-order valence-electron chi connectivity index (χ1n) is 11.8. The number of nitrogens with one attached hydrogen (secondary N) is 1. The highest BCUT2D eigenvalue weighted by Crippen LogP contribution is 2.28. The third-order valence-electron chi connectivity index (χ3n) is 6.01. The fourth-order valence-electron chi connectivity index (χ4n) is 4.20. The molecule has 1 saturated heterocycles. The number of ether oxygens (including phenoxy) is 1. The van der Waals surface area contributed by atoms with Gasteiger partial charge in [-0.05, 0) is 61.0 Å². The molecule has 1 N–H and O–H groups in total. The summed E-state index contributed by atoms with van der Waals surface area (Å²) in [6, 6.07) is 18.3. The van der Waals surface area contributed by atoms with Crippen LogP contribution in [-0.2, 0) is 10.0 Å². The Labute approximate surface area is 215 Å². The van der Waals surface area contributed by atoms with Crippen LogP contribution in [0.25, 0.3) is 11.1 Å². The summed E-state index contributed by atoms with van der Waals surface area (Å²) in [7, 11) is -3.64. The van der Waals surface area contributed by atoms with Crippen molar-refractivity contribution in [3.63, 3.8) is 0 Å². The van der Waals surface area contributed by atoms with Gasteiger partial charge in [-0.1, -0.05) is 18.2 Å². The Kier molecular flexibility index (Phi) is 7.77. The van der Waals surface area contributed by atoms with E-state index < -0.39 is 21.7 Å². The molecule has 0 spiro atoms. The standard InChI is InChI=1S/C27H28FN3O5S/c1-3-36-23-6-4-5-20(17-23)24-12-9-21(18-25(24)28)27(33)31-15-13-30(14-16-31)22-10-7-19(8-11-22)26(32)29-37(2,34)35/h4-12,17-18H,3,13-16H2,1-2H3,(H,29,32). The molecule has 0 radical (unpaired) electrons. The van der Waals surface area contributed by atoms with Gasteiger partial charge in [-0.3, -0.25) is 9.59 Å². The number of nitrogens with zero attached hydrogens (tertiary/aromatic N) is 2. The van der Waals surface area contributed by atoms with Crippen molar-refractivity contribution < 1.29 is 27.1 Å². The van der Waals surface area contributed by atoms with E-state index in [1.54, 1.807) is 59.5 Å². The second-order valence-electron chi connectivity index (χ2n) is 8.68. The van der Waals surface area contributed by atoms with Crippen molar-refractivity contribution in [2.45, 2.75) is 6.92 Å². The highest BCUT2D eigenvalue weighted by Gasteiger charge is 2.23. The summed E-state index contributed by atoms with van der Waals surface area (Å²) in [5.41, 5.74) is 2.45. The molecule has 0 saturated carbocycles. The molecule has 1 aliphatic heterocycles. The lowest BCUT2D eigenvalue weighted by Gasteiger charge is -2.36. The first-order valence-corrected chi connectivity index (χ1v) is 13.7. The molecule has 4 rings (SSSR count). The van der Waals surface area contributed by atoms with Crippen molar-refractivity contribution in [3.8, 4) is 16.9 Å². The predicted molar refractivity (Wildman–Crippen MR) is 140 cm³/mol. The molecular weight excluding hydrogens is 497 g/mol. The summed E-state index contributed by atoms with van der Waals surface area (Å²) in [4.78, 5) is 28.8. The minimum absolute atomic E-state index is 0.234. The molecule has 0 bridgehead atoms. The molecule has 1 fully saturated rings. The monoisotopic (exact) mass is 525 g/mol. The summed E-state index contributed by atoms with van der Waals surface area (Å²) >= 11 is 0. The lowest BCUT2D eigenvalue weighted by molar-refractivity contribution is 0.0746. The number of hydrogen-bond donors (Lipinski definition) is 1. The van der Waals surface area contributed by atoms with Crippen molar-refractivity contribution in [1.82, 2.24) is 9.62 Å². The second kappa shape index (κ2) is 11.0. The molecule has 1 aliphatic rings. The normalized spacial score (nSPS) is 13.8. The zero-order valence-electron chi connectivity index (χ0n) is 20.6. The van der Waals surface area contributed by atoms with Crippen LogP contribution in [-0.4, -0.2) is 64.2 Å². The van der Waals surface area contributed by atoms with Crippen LogP contribution in [0.2, 0.25) is 0 Å². The van der Waals surface area contributed by atoms with E-state index in [0.29, 0.717) is 49.7 Å². The summed E-state index contributed by atoms with van der Waals surface area (Å²) in [6.45, 7) is 4.43. The molecule has 3 aromatic carbocycles. The Morgan fingerprint density at radius 2 is 1.62 bits per heavy atom. The maximum Gasteiger partial charge on any atom is 0.264 e. The summed E-state index contributed by atoms with van der Waals surface area (Å²) in [5.74, 6) is -0.743. The van der Waals surface area contributed by atoms with Crippen molar-refractivity contribution in [1.29, 1.82) is 0 Å². The van der Waals surface area contributed by atoms with Crippen LogP contribution < -0.4 is 14.4 Å². The van der Waals surface area contributed by atoms with E-state index in [9.17, 15) is 22.4 Å². The average Bonchev–Trinajstić information content (AvgIpc) is 2.88. The molecule has 8 nitrogen and oxygen atoms in total. The van der Waals surface area contributed by atoms with Gasteiger partial charge < -0.3 is 14.5 Å². The number of halogens is 1. The highest BCUT2D eigenvalue weighted by molar-refractivity contribution is 7.89. The largest absolute Gasteiger partial charge is 0.494 e. The van der Waals surface area contributed by atoms with Gasteiger partial charge in [0.2, 0.25) is 10.0 Å². The number of anilines is 1. The molecule has 10 heteroatoms. The Hall–Kier alpha value is -3.92. The van der Waals surface area contributed by atoms with Gasteiger partial charge in [0.25, 0.3) is 11.8 Å². The average molecular weight is 526 g/mol. The van der Waals surface area contributed by atoms with Crippen LogP contribution in [0.15, 0.2) is 66.7 Å². The van der Waals surface area contributed by atoms with E-state index in [-0.39, 0.29) is 17.0 Å². The molecule has 194 valence electrons. The number of sulfonamides is 1. The van der Waals surface area contributed by atoms with Gasteiger partial charge >= 0.3 is 0 Å². The van der Waals surface area contributed by atoms with Crippen molar-refractivity contribution in [3.05, 3.63) is 83.7 Å². The third kappa shape index (κ3) is 6.45. The van der Waals surface area contributed by atoms with Crippen molar-refractivity contribution in [2.75, 3.05) is 43.9 Å². The van der Waals surface area contributed by atoms with Gasteiger partial charge in [-0.25, -0.2) is 17.5 Å². The van der Waals surface area contributed by atoms with Crippen LogP contribution in [0, 0.1) is 5.82 Å². The van der Waals surface area contributed by atoms with Crippen molar-refractivity contribution >= 4 is 27.5 Å². The molecule has 2 amide bonds. The first-order chi connectivity index (χ1) is 17.6. The first kappa shape index (κ1) is 26.2. The smallest absolute Gasteiger partial charge is 0.264 e. The number of amides is 2. The number of benzene rings is 3. The van der Waals surface area contributed by atoms with E-state index in [1.807, 2.05) is 17.7 Å². The maximum absolute atomic E-state index is 15.0. The van der Waals surface area contributed by atoms with Crippen LogP contribution >= 0.6 is 0 Å². The fourth-order valence-corrected chi connectivity index (χ4v) is 4.66. The molecule has 3 aromatic rings. The topological polar surface area (TPSA) is 96.0 Å². The molecule has 0 atom stereocenters. The summed E-state index contributed by atoms with van der Waals surface area (Å²) < 4.78 is 44.9. The van der Waals surface area contributed by atoms with Crippen LogP contribution in [0.3, 0.4) is 0 Å². The molecule has 1 heterocycles. The lowest BCUT2D eigenvalue weighted by atomic mass is 10.0. The zero-order chi connectivity index (χ0) is 26.6. The van der Waals surface area contributed by atoms with Gasteiger partial charge in [-0.15, -0.1) is 0 Å². The van der Waals surface area contributed by atoms with E-state index in [2.05, 4.69) is 4.90 Å². The molecule has 0 aromatic heterocycles. The summed E-state index contributed by atoms with van der Waals surface area (Å²) in [6.07, 6.45) is 0.921. The zero-order valence-corrected chi connectivity index (χ0v) is 21.4. The minimum atomic E-state index is -3.64. The van der Waals surface area contributed by atoms with E-state index >= 15 is 0 Å². The SMILES string of the molecule is CCOc1cccc(-c2ccc(C(=O)N3CCN(c4ccc(C(=O)NS(C)(=O)=O)cc4)CC3)cc2F)c1. The number of carbonyl (C=O) groups is 2. The third-order valence-corrected chi connectivity index (χ3v) is 6.57. The number of carbonyl (C=O) groups excluding carboxylic acids is 2. The van der Waals surface area contributed by atoms with Gasteiger partial charge in [0, 0.05) is 48.6 Å². The van der Waals surface area contributed by atoms with Gasteiger partial charge in [0.15, 0.2) is 0 Å². The Morgan fingerprint density at radius 3 is 2.24 bits per heavy atom. The summed E-state index contributed by atoms with van der Waals surface area (Å²) in [5, 5.41) is 0. The van der Waals surface area contributed by atoms with E-state index in [4.69, 9.17) is 4.74 Å². The second-order valence-corrected chi connectivity index (χ2v) is 10.4. The Morgan fingerprint density at radius 1 is 0.946 bits per heavy atom. The molecule has 0 unspecified atom stereocenters. The molecular formula is C27H28FN3O5S. The Balaban J connectivity index is 1.38.